The molecule has 1 aliphatic rings. The monoisotopic (exact) mass is 397 g/mol. The first-order valence-corrected chi connectivity index (χ1v) is 9.29. The Balaban J connectivity index is 1.33. The average molecular weight is 397 g/mol. The Labute approximate surface area is 165 Å². The van der Waals surface area contributed by atoms with Crippen molar-refractivity contribution in [3.63, 3.8) is 0 Å². The molecule has 0 bridgehead atoms. The Bertz CT molecular complexity index is 1020. The summed E-state index contributed by atoms with van der Waals surface area (Å²) >= 11 is 0. The van der Waals surface area contributed by atoms with Gasteiger partial charge in [-0.1, -0.05) is 5.21 Å². The maximum atomic E-state index is 13.0. The van der Waals surface area contributed by atoms with Gasteiger partial charge in [0.1, 0.15) is 5.82 Å². The van der Waals surface area contributed by atoms with Crippen molar-refractivity contribution < 1.29 is 14.0 Å². The number of hydrogen-bond donors (Lipinski definition) is 1. The SMILES string of the molecule is NC(=O)c1cn(C2CCN(C(=O)Cc3ccn(-c4ccc(F)cc4)n3)CC2)nn1. The molecule has 0 saturated carbocycles. The van der Waals surface area contributed by atoms with Crippen LogP contribution in [0.5, 0.6) is 0 Å². The van der Waals surface area contributed by atoms with Gasteiger partial charge in [0.2, 0.25) is 5.91 Å². The lowest BCUT2D eigenvalue weighted by Gasteiger charge is -2.31. The quantitative estimate of drug-likeness (QED) is 0.693. The number of carbonyl (C=O) groups is 2. The van der Waals surface area contributed by atoms with Gasteiger partial charge in [-0.25, -0.2) is 13.8 Å². The van der Waals surface area contributed by atoms with Gasteiger partial charge in [-0.3, -0.25) is 9.59 Å². The van der Waals surface area contributed by atoms with E-state index >= 15 is 0 Å². The van der Waals surface area contributed by atoms with Gasteiger partial charge in [-0.2, -0.15) is 5.10 Å². The second-order valence-electron chi connectivity index (χ2n) is 6.96. The molecule has 9 nitrogen and oxygen atoms in total. The van der Waals surface area contributed by atoms with E-state index in [1.54, 1.807) is 44.9 Å². The van der Waals surface area contributed by atoms with Gasteiger partial charge in [0.15, 0.2) is 5.69 Å². The van der Waals surface area contributed by atoms with E-state index in [1.807, 2.05) is 0 Å². The van der Waals surface area contributed by atoms with Crippen LogP contribution in [0.4, 0.5) is 4.39 Å². The zero-order valence-corrected chi connectivity index (χ0v) is 15.6. The minimum atomic E-state index is -0.607. The molecule has 0 unspecified atom stereocenters. The summed E-state index contributed by atoms with van der Waals surface area (Å²) in [5.74, 6) is -0.912. The van der Waals surface area contributed by atoms with E-state index in [-0.39, 0.29) is 29.9 Å². The molecule has 29 heavy (non-hydrogen) atoms. The highest BCUT2D eigenvalue weighted by molar-refractivity contribution is 5.90. The topological polar surface area (TPSA) is 112 Å². The number of piperidine rings is 1. The van der Waals surface area contributed by atoms with E-state index in [4.69, 9.17) is 5.73 Å². The Kier molecular flexibility index (Phi) is 5.07. The molecule has 3 heterocycles. The fourth-order valence-electron chi connectivity index (χ4n) is 3.41. The van der Waals surface area contributed by atoms with Crippen LogP contribution in [0.1, 0.15) is 35.1 Å². The lowest BCUT2D eigenvalue weighted by molar-refractivity contribution is -0.131. The molecule has 150 valence electrons. The molecule has 1 saturated heterocycles. The Morgan fingerprint density at radius 3 is 2.52 bits per heavy atom. The van der Waals surface area contributed by atoms with E-state index < -0.39 is 5.91 Å². The zero-order valence-electron chi connectivity index (χ0n) is 15.6. The number of rotatable bonds is 5. The number of likely N-dealkylation sites (tertiary alicyclic amines) is 1. The van der Waals surface area contributed by atoms with Crippen LogP contribution in [-0.4, -0.2) is 54.6 Å². The summed E-state index contributed by atoms with van der Waals surface area (Å²) in [5.41, 5.74) is 6.73. The maximum absolute atomic E-state index is 13.0. The van der Waals surface area contributed by atoms with Crippen molar-refractivity contribution in [2.24, 2.45) is 5.73 Å². The van der Waals surface area contributed by atoms with Gasteiger partial charge in [0, 0.05) is 19.3 Å². The third kappa shape index (κ3) is 4.15. The van der Waals surface area contributed by atoms with E-state index in [0.717, 1.165) is 18.5 Å². The van der Waals surface area contributed by atoms with Crippen LogP contribution in [0.15, 0.2) is 42.7 Å². The molecule has 2 amide bonds. The van der Waals surface area contributed by atoms with Crippen molar-refractivity contribution in [2.75, 3.05) is 13.1 Å². The second-order valence-corrected chi connectivity index (χ2v) is 6.96. The molecule has 1 aromatic carbocycles. The normalized spacial score (nSPS) is 14.9. The molecule has 3 aromatic rings. The van der Waals surface area contributed by atoms with Gasteiger partial charge >= 0.3 is 0 Å². The van der Waals surface area contributed by atoms with Gasteiger partial charge in [-0.15, -0.1) is 5.10 Å². The first-order chi connectivity index (χ1) is 14.0. The van der Waals surface area contributed by atoms with Crippen LogP contribution in [0.3, 0.4) is 0 Å². The number of aromatic nitrogens is 5. The molecule has 0 aliphatic carbocycles. The number of primary amides is 1. The first kappa shape index (κ1) is 18.8. The molecular formula is C19H20FN7O2. The van der Waals surface area contributed by atoms with Crippen molar-refractivity contribution in [2.45, 2.75) is 25.3 Å². The van der Waals surface area contributed by atoms with Crippen LogP contribution in [-0.2, 0) is 11.2 Å². The summed E-state index contributed by atoms with van der Waals surface area (Å²) in [6.45, 7) is 1.18. The predicted molar refractivity (Wildman–Crippen MR) is 101 cm³/mol. The van der Waals surface area contributed by atoms with Crippen molar-refractivity contribution in [3.8, 4) is 5.69 Å². The van der Waals surface area contributed by atoms with Gasteiger partial charge in [-0.05, 0) is 43.2 Å². The highest BCUT2D eigenvalue weighted by Gasteiger charge is 2.25. The standard InChI is InChI=1S/C19H20FN7O2/c20-13-1-3-15(4-2-13)26-10-5-14(23-26)11-18(28)25-8-6-16(7-9-25)27-12-17(19(21)29)22-24-27/h1-5,10,12,16H,6-9,11H2,(H2,21,29). The average Bonchev–Trinajstić information content (AvgIpc) is 3.39. The molecule has 0 spiro atoms. The lowest BCUT2D eigenvalue weighted by atomic mass is 10.0. The summed E-state index contributed by atoms with van der Waals surface area (Å²) in [6, 6.07) is 7.87. The van der Waals surface area contributed by atoms with E-state index in [0.29, 0.717) is 18.8 Å². The smallest absolute Gasteiger partial charge is 0.270 e. The summed E-state index contributed by atoms with van der Waals surface area (Å²) < 4.78 is 16.3. The molecule has 0 radical (unpaired) electrons. The minimum absolute atomic E-state index is 0.00391. The lowest BCUT2D eigenvalue weighted by Crippen LogP contribution is -2.40. The molecule has 1 aliphatic heterocycles. The molecule has 0 atom stereocenters. The predicted octanol–water partition coefficient (Wildman–Crippen LogP) is 1.11. The van der Waals surface area contributed by atoms with Crippen LogP contribution >= 0.6 is 0 Å². The molecule has 10 heteroatoms. The number of hydrogen-bond acceptors (Lipinski definition) is 5. The molecule has 1 fully saturated rings. The van der Waals surface area contributed by atoms with Crippen LogP contribution in [0.2, 0.25) is 0 Å². The van der Waals surface area contributed by atoms with Crippen molar-refractivity contribution in [1.82, 2.24) is 29.7 Å². The Morgan fingerprint density at radius 1 is 1.14 bits per heavy atom. The van der Waals surface area contributed by atoms with Gasteiger partial charge in [0.25, 0.3) is 5.91 Å². The second kappa shape index (κ2) is 7.82. The van der Waals surface area contributed by atoms with Crippen molar-refractivity contribution >= 4 is 11.8 Å². The zero-order chi connectivity index (χ0) is 20.4. The highest BCUT2D eigenvalue weighted by Crippen LogP contribution is 2.22. The number of amides is 2. The third-order valence-electron chi connectivity index (χ3n) is 5.02. The van der Waals surface area contributed by atoms with Crippen molar-refractivity contribution in [3.05, 3.63) is 59.9 Å². The van der Waals surface area contributed by atoms with E-state index in [1.165, 1.54) is 12.1 Å². The van der Waals surface area contributed by atoms with E-state index in [2.05, 4.69) is 15.4 Å². The van der Waals surface area contributed by atoms with Crippen LogP contribution < -0.4 is 5.73 Å². The number of nitrogens with zero attached hydrogens (tertiary/aromatic N) is 6. The van der Waals surface area contributed by atoms with Gasteiger partial charge < -0.3 is 10.6 Å². The summed E-state index contributed by atoms with van der Waals surface area (Å²) in [5, 5.41) is 12.1. The largest absolute Gasteiger partial charge is 0.364 e. The van der Waals surface area contributed by atoms with Gasteiger partial charge in [0.05, 0.1) is 30.0 Å². The molecule has 4 rings (SSSR count). The number of benzene rings is 1. The number of nitrogens with two attached hydrogens (primary N) is 1. The maximum Gasteiger partial charge on any atom is 0.270 e. The fraction of sp³-hybridized carbons (Fsp3) is 0.316. The number of carbonyl (C=O) groups excluding carboxylic acids is 2. The molecule has 2 N–H and O–H groups in total. The summed E-state index contributed by atoms with van der Waals surface area (Å²) in [7, 11) is 0. The number of halogens is 1. The highest BCUT2D eigenvalue weighted by atomic mass is 19.1. The minimum Gasteiger partial charge on any atom is -0.364 e. The Morgan fingerprint density at radius 2 is 1.86 bits per heavy atom. The summed E-state index contributed by atoms with van der Waals surface area (Å²) in [6.07, 6.45) is 4.94. The van der Waals surface area contributed by atoms with Crippen LogP contribution in [0, 0.1) is 5.82 Å². The van der Waals surface area contributed by atoms with Crippen LogP contribution in [0.25, 0.3) is 5.69 Å². The molecular weight excluding hydrogens is 377 g/mol. The van der Waals surface area contributed by atoms with E-state index in [9.17, 15) is 14.0 Å². The van der Waals surface area contributed by atoms with Crippen molar-refractivity contribution in [1.29, 1.82) is 0 Å². The fourth-order valence-corrected chi connectivity index (χ4v) is 3.41. The summed E-state index contributed by atoms with van der Waals surface area (Å²) in [4.78, 5) is 25.6. The Hall–Kier alpha value is -3.56. The first-order valence-electron chi connectivity index (χ1n) is 9.29. The molecule has 2 aromatic heterocycles. The third-order valence-corrected chi connectivity index (χ3v) is 5.02.